The topological polar surface area (TPSA) is 114 Å². The van der Waals surface area contributed by atoms with Gasteiger partial charge in [-0.3, -0.25) is 24.0 Å². The Morgan fingerprint density at radius 3 is 2.25 bits per heavy atom. The largest absolute Gasteiger partial charge is 0.480 e. The summed E-state index contributed by atoms with van der Waals surface area (Å²) in [5.74, 6) is -1.62. The second-order valence-electron chi connectivity index (χ2n) is 6.91. The molecule has 1 aliphatic carbocycles. The fourth-order valence-electron chi connectivity index (χ4n) is 2.66. The molecule has 8 nitrogen and oxygen atoms in total. The van der Waals surface area contributed by atoms with Crippen LogP contribution in [-0.4, -0.2) is 43.4 Å². The summed E-state index contributed by atoms with van der Waals surface area (Å²) in [5, 5.41) is 21.3. The number of hydrogen-bond acceptors (Lipinski definition) is 4. The summed E-state index contributed by atoms with van der Waals surface area (Å²) in [7, 11) is 0. The Labute approximate surface area is 140 Å². The van der Waals surface area contributed by atoms with Gasteiger partial charge in [-0.1, -0.05) is 13.8 Å². The summed E-state index contributed by atoms with van der Waals surface area (Å²) >= 11 is 0. The first kappa shape index (κ1) is 18.3. The molecule has 8 heteroatoms. The average Bonchev–Trinajstić information content (AvgIpc) is 3.23. The maximum Gasteiger partial charge on any atom is 0.328 e. The highest BCUT2D eigenvalue weighted by atomic mass is 16.4. The number of carboxylic acids is 2. The van der Waals surface area contributed by atoms with E-state index in [1.807, 2.05) is 13.8 Å². The molecule has 0 aromatic carbocycles. The lowest BCUT2D eigenvalue weighted by Crippen LogP contribution is -2.50. The minimum Gasteiger partial charge on any atom is -0.480 e. The number of nitrogens with one attached hydrogen (secondary N) is 1. The molecule has 3 N–H and O–H groups in total. The molecule has 1 fully saturated rings. The number of hydrogen-bond donors (Lipinski definition) is 3. The van der Waals surface area contributed by atoms with Gasteiger partial charge < -0.3 is 10.2 Å². The quantitative estimate of drug-likeness (QED) is 0.575. The van der Waals surface area contributed by atoms with E-state index < -0.39 is 24.0 Å². The van der Waals surface area contributed by atoms with E-state index in [9.17, 15) is 24.6 Å². The molecular weight excluding hydrogens is 314 g/mol. The van der Waals surface area contributed by atoms with E-state index in [1.165, 1.54) is 4.57 Å². The Bertz CT molecular complexity index is 644. The molecule has 2 rings (SSSR count). The highest BCUT2D eigenvalue weighted by Gasteiger charge is 2.28. The van der Waals surface area contributed by atoms with Crippen LogP contribution in [0.5, 0.6) is 0 Å². The Morgan fingerprint density at radius 1 is 1.17 bits per heavy atom. The van der Waals surface area contributed by atoms with Gasteiger partial charge >= 0.3 is 17.6 Å². The van der Waals surface area contributed by atoms with E-state index in [-0.39, 0.29) is 18.2 Å². The molecule has 1 aliphatic rings. The van der Waals surface area contributed by atoms with Gasteiger partial charge in [0.25, 0.3) is 0 Å². The van der Waals surface area contributed by atoms with Crippen molar-refractivity contribution in [3.05, 3.63) is 22.9 Å². The van der Waals surface area contributed by atoms with Crippen molar-refractivity contribution in [1.82, 2.24) is 14.5 Å². The van der Waals surface area contributed by atoms with Gasteiger partial charge in [-0.25, -0.2) is 4.79 Å². The molecule has 1 aromatic rings. The fraction of sp³-hybridized carbons (Fsp3) is 0.688. The molecule has 0 amide bonds. The van der Waals surface area contributed by atoms with Gasteiger partial charge in [0.15, 0.2) is 0 Å². The van der Waals surface area contributed by atoms with Crippen LogP contribution in [-0.2, 0) is 22.7 Å². The van der Waals surface area contributed by atoms with Gasteiger partial charge in [0.2, 0.25) is 0 Å². The second-order valence-corrected chi connectivity index (χ2v) is 6.91. The number of carbonyl (C=O) groups is 2. The maximum absolute atomic E-state index is 12.3. The summed E-state index contributed by atoms with van der Waals surface area (Å²) in [6.45, 7) is 4.29. The van der Waals surface area contributed by atoms with Crippen LogP contribution >= 0.6 is 0 Å². The average molecular weight is 339 g/mol. The molecule has 2 atom stereocenters. The van der Waals surface area contributed by atoms with Gasteiger partial charge in [-0.05, 0) is 31.1 Å². The second kappa shape index (κ2) is 7.65. The lowest BCUT2D eigenvalue weighted by atomic mass is 10.0. The predicted molar refractivity (Wildman–Crippen MR) is 86.9 cm³/mol. The number of aromatic nitrogens is 2. The molecule has 134 valence electrons. The number of aliphatic carboxylic acids is 2. The minimum absolute atomic E-state index is 0.103. The molecule has 1 saturated carbocycles. The van der Waals surface area contributed by atoms with Crippen LogP contribution in [0, 0.1) is 11.8 Å². The summed E-state index contributed by atoms with van der Waals surface area (Å²) < 4.78 is 2.90. The van der Waals surface area contributed by atoms with Crippen LogP contribution in [0.4, 0.5) is 0 Å². The smallest absolute Gasteiger partial charge is 0.328 e. The van der Waals surface area contributed by atoms with Gasteiger partial charge in [-0.15, -0.1) is 0 Å². The summed E-state index contributed by atoms with van der Waals surface area (Å²) in [5.41, 5.74) is -0.259. The number of imidazole rings is 1. The third-order valence-electron chi connectivity index (χ3n) is 4.15. The van der Waals surface area contributed by atoms with Gasteiger partial charge in [0, 0.05) is 18.9 Å². The number of carboxylic acid groups (broad SMARTS) is 2. The standard InChI is InChI=1S/C16H25N3O5/c1-10(2)7-12(14(20)21)17-13(15(22)23)9-19-6-5-18(16(19)24)8-11-3-4-11/h5-6,10-13,17H,3-4,7-9H2,1-2H3,(H,20,21)(H,22,23). The third kappa shape index (κ3) is 4.95. The molecule has 0 spiro atoms. The zero-order chi connectivity index (χ0) is 17.9. The van der Waals surface area contributed by atoms with E-state index in [2.05, 4.69) is 5.32 Å². The van der Waals surface area contributed by atoms with Crippen molar-refractivity contribution in [3.8, 4) is 0 Å². The van der Waals surface area contributed by atoms with Gasteiger partial charge in [0.1, 0.15) is 12.1 Å². The van der Waals surface area contributed by atoms with Crippen molar-refractivity contribution in [2.45, 2.75) is 58.3 Å². The van der Waals surface area contributed by atoms with E-state index in [4.69, 9.17) is 0 Å². The van der Waals surface area contributed by atoms with Crippen molar-refractivity contribution < 1.29 is 19.8 Å². The first-order chi connectivity index (χ1) is 11.3. The zero-order valence-corrected chi connectivity index (χ0v) is 14.0. The lowest BCUT2D eigenvalue weighted by molar-refractivity contribution is -0.143. The van der Waals surface area contributed by atoms with Crippen LogP contribution in [0.3, 0.4) is 0 Å². The Kier molecular flexibility index (Phi) is 5.82. The molecular formula is C16H25N3O5. The van der Waals surface area contributed by atoms with E-state index in [0.717, 1.165) is 12.8 Å². The van der Waals surface area contributed by atoms with Crippen molar-refractivity contribution in [2.75, 3.05) is 0 Å². The molecule has 0 saturated heterocycles. The van der Waals surface area contributed by atoms with Crippen LogP contribution in [0.15, 0.2) is 17.2 Å². The Balaban J connectivity index is 2.07. The highest BCUT2D eigenvalue weighted by Crippen LogP contribution is 2.29. The molecule has 1 heterocycles. The molecule has 0 radical (unpaired) electrons. The Hall–Kier alpha value is -2.09. The SMILES string of the molecule is CC(C)CC(NC(Cn1ccn(CC2CC2)c1=O)C(=O)O)C(=O)O. The molecule has 0 bridgehead atoms. The first-order valence-electron chi connectivity index (χ1n) is 8.25. The summed E-state index contributed by atoms with van der Waals surface area (Å²) in [4.78, 5) is 35.1. The predicted octanol–water partition coefficient (Wildman–Crippen LogP) is 0.602. The van der Waals surface area contributed by atoms with Crippen molar-refractivity contribution in [1.29, 1.82) is 0 Å². The van der Waals surface area contributed by atoms with Crippen LogP contribution in [0.25, 0.3) is 0 Å². The van der Waals surface area contributed by atoms with Crippen molar-refractivity contribution >= 4 is 11.9 Å². The third-order valence-corrected chi connectivity index (χ3v) is 4.15. The van der Waals surface area contributed by atoms with E-state index >= 15 is 0 Å². The van der Waals surface area contributed by atoms with Crippen LogP contribution in [0.2, 0.25) is 0 Å². The van der Waals surface area contributed by atoms with Crippen LogP contribution in [0.1, 0.15) is 33.1 Å². The van der Waals surface area contributed by atoms with Crippen LogP contribution < -0.4 is 11.0 Å². The molecule has 24 heavy (non-hydrogen) atoms. The van der Waals surface area contributed by atoms with Gasteiger partial charge in [0.05, 0.1) is 6.54 Å². The summed E-state index contributed by atoms with van der Waals surface area (Å²) in [6, 6.07) is -2.10. The number of rotatable bonds is 10. The zero-order valence-electron chi connectivity index (χ0n) is 14.0. The van der Waals surface area contributed by atoms with Crippen molar-refractivity contribution in [3.63, 3.8) is 0 Å². The van der Waals surface area contributed by atoms with Crippen molar-refractivity contribution in [2.24, 2.45) is 11.8 Å². The Morgan fingerprint density at radius 2 is 1.75 bits per heavy atom. The highest BCUT2D eigenvalue weighted by molar-refractivity contribution is 5.77. The molecule has 2 unspecified atom stereocenters. The lowest BCUT2D eigenvalue weighted by Gasteiger charge is -2.21. The number of nitrogens with zero attached hydrogens (tertiary/aromatic N) is 2. The maximum atomic E-state index is 12.3. The minimum atomic E-state index is -1.17. The monoisotopic (exact) mass is 339 g/mol. The first-order valence-corrected chi connectivity index (χ1v) is 8.25. The van der Waals surface area contributed by atoms with Gasteiger partial charge in [-0.2, -0.15) is 0 Å². The van der Waals surface area contributed by atoms with E-state index in [0.29, 0.717) is 18.9 Å². The van der Waals surface area contributed by atoms with E-state index in [1.54, 1.807) is 17.0 Å². The molecule has 0 aliphatic heterocycles. The molecule has 1 aromatic heterocycles. The summed E-state index contributed by atoms with van der Waals surface area (Å²) in [6.07, 6.45) is 5.76. The fourth-order valence-corrected chi connectivity index (χ4v) is 2.66. The normalized spacial score (nSPS) is 17.0.